The minimum absolute atomic E-state index is 0.292. The molecule has 1 unspecified atom stereocenters. The summed E-state index contributed by atoms with van der Waals surface area (Å²) in [4.78, 5) is 25.1. The Morgan fingerprint density at radius 1 is 1.39 bits per heavy atom. The Kier molecular flexibility index (Phi) is 5.64. The van der Waals surface area contributed by atoms with Crippen LogP contribution in [0.15, 0.2) is 40.3 Å². The van der Waals surface area contributed by atoms with Crippen molar-refractivity contribution in [2.75, 3.05) is 26.1 Å². The largest absolute Gasteiger partial charge is 0.466 e. The molecular formula is C15H18N4O3S. The first-order valence-electron chi connectivity index (χ1n) is 6.83. The quantitative estimate of drug-likeness (QED) is 0.360. The summed E-state index contributed by atoms with van der Waals surface area (Å²) in [6.07, 6.45) is 2.82. The SMILES string of the molecule is COC(=O)/C=C1\SC(N/N=C/c2ccc(N(C)C)cc2)NC1=O. The van der Waals surface area contributed by atoms with E-state index >= 15 is 0 Å². The van der Waals surface area contributed by atoms with E-state index in [0.717, 1.165) is 17.3 Å². The zero-order valence-electron chi connectivity index (χ0n) is 13.1. The third-order valence-electron chi connectivity index (χ3n) is 3.00. The summed E-state index contributed by atoms with van der Waals surface area (Å²) in [6.45, 7) is 0. The van der Waals surface area contributed by atoms with Crippen molar-refractivity contribution in [1.82, 2.24) is 10.7 Å². The number of carbonyl (C=O) groups excluding carboxylic acids is 2. The number of hydrogen-bond acceptors (Lipinski definition) is 7. The maximum atomic E-state index is 11.7. The van der Waals surface area contributed by atoms with Crippen LogP contribution in [0.2, 0.25) is 0 Å². The standard InChI is InChI=1S/C15H18N4O3S/c1-19(2)11-6-4-10(5-7-11)9-16-18-15-17-14(21)12(23-15)8-13(20)22-3/h4-9,15,18H,1-3H3,(H,17,21)/b12-8-,16-9+. The normalized spacial score (nSPS) is 19.0. The fourth-order valence-corrected chi connectivity index (χ4v) is 2.63. The average molecular weight is 334 g/mol. The lowest BCUT2D eigenvalue weighted by Gasteiger charge is -2.11. The number of nitrogens with zero attached hydrogens (tertiary/aromatic N) is 2. The van der Waals surface area contributed by atoms with Gasteiger partial charge in [0, 0.05) is 25.9 Å². The van der Waals surface area contributed by atoms with Crippen LogP contribution in [0.5, 0.6) is 0 Å². The van der Waals surface area contributed by atoms with E-state index in [1.165, 1.54) is 18.9 Å². The van der Waals surface area contributed by atoms with Crippen LogP contribution in [0.1, 0.15) is 5.56 Å². The third-order valence-corrected chi connectivity index (χ3v) is 4.01. The molecule has 1 amide bonds. The predicted octanol–water partition coefficient (Wildman–Crippen LogP) is 0.880. The molecule has 122 valence electrons. The van der Waals surface area contributed by atoms with Gasteiger partial charge in [-0.15, -0.1) is 0 Å². The molecule has 0 radical (unpaired) electrons. The molecule has 1 aromatic carbocycles. The predicted molar refractivity (Wildman–Crippen MR) is 91.1 cm³/mol. The smallest absolute Gasteiger partial charge is 0.331 e. The van der Waals surface area contributed by atoms with Gasteiger partial charge in [-0.3, -0.25) is 10.2 Å². The van der Waals surface area contributed by atoms with Crippen LogP contribution in [0.3, 0.4) is 0 Å². The summed E-state index contributed by atoms with van der Waals surface area (Å²) in [5.41, 5.74) is 4.43. The van der Waals surface area contributed by atoms with Crippen LogP contribution in [0, 0.1) is 0 Å². The minimum Gasteiger partial charge on any atom is -0.466 e. The summed E-state index contributed by atoms with van der Waals surface area (Å²) >= 11 is 1.17. The van der Waals surface area contributed by atoms with Crippen molar-refractivity contribution in [3.05, 3.63) is 40.8 Å². The highest BCUT2D eigenvalue weighted by Gasteiger charge is 2.27. The molecule has 23 heavy (non-hydrogen) atoms. The van der Waals surface area contributed by atoms with Crippen molar-refractivity contribution in [2.24, 2.45) is 5.10 Å². The fourth-order valence-electron chi connectivity index (χ4n) is 1.76. The number of amides is 1. The first-order valence-corrected chi connectivity index (χ1v) is 7.70. The highest BCUT2D eigenvalue weighted by atomic mass is 32.2. The lowest BCUT2D eigenvalue weighted by atomic mass is 10.2. The van der Waals surface area contributed by atoms with Crippen molar-refractivity contribution in [3.63, 3.8) is 0 Å². The Morgan fingerprint density at radius 2 is 2.09 bits per heavy atom. The van der Waals surface area contributed by atoms with Gasteiger partial charge in [0.05, 0.1) is 18.2 Å². The molecule has 0 saturated carbocycles. The molecule has 2 rings (SSSR count). The maximum absolute atomic E-state index is 11.7. The molecule has 1 fully saturated rings. The summed E-state index contributed by atoms with van der Waals surface area (Å²) in [6, 6.07) is 7.88. The molecule has 1 saturated heterocycles. The van der Waals surface area contributed by atoms with Crippen molar-refractivity contribution >= 4 is 35.5 Å². The van der Waals surface area contributed by atoms with Gasteiger partial charge >= 0.3 is 5.97 Å². The van der Waals surface area contributed by atoms with Crippen LogP contribution in [-0.2, 0) is 14.3 Å². The molecule has 1 aliphatic rings. The van der Waals surface area contributed by atoms with E-state index in [4.69, 9.17) is 0 Å². The number of carbonyl (C=O) groups is 2. The highest BCUT2D eigenvalue weighted by molar-refractivity contribution is 8.05. The molecule has 2 N–H and O–H groups in total. The van der Waals surface area contributed by atoms with Gasteiger partial charge in [-0.2, -0.15) is 5.10 Å². The number of hydrogen-bond donors (Lipinski definition) is 2. The van der Waals surface area contributed by atoms with Crippen LogP contribution in [0.4, 0.5) is 5.69 Å². The molecule has 1 atom stereocenters. The van der Waals surface area contributed by atoms with E-state index in [2.05, 4.69) is 20.6 Å². The lowest BCUT2D eigenvalue weighted by Crippen LogP contribution is -2.34. The third kappa shape index (κ3) is 4.75. The maximum Gasteiger partial charge on any atom is 0.331 e. The number of esters is 1. The molecular weight excluding hydrogens is 316 g/mol. The van der Waals surface area contributed by atoms with E-state index < -0.39 is 11.5 Å². The first-order chi connectivity index (χ1) is 11.0. The summed E-state index contributed by atoms with van der Waals surface area (Å²) in [7, 11) is 5.21. The zero-order valence-corrected chi connectivity index (χ0v) is 13.9. The van der Waals surface area contributed by atoms with Gasteiger partial charge < -0.3 is 15.0 Å². The van der Waals surface area contributed by atoms with Crippen LogP contribution >= 0.6 is 11.8 Å². The molecule has 7 nitrogen and oxygen atoms in total. The van der Waals surface area contributed by atoms with Gasteiger partial charge in [0.1, 0.15) is 0 Å². The van der Waals surface area contributed by atoms with Crippen LogP contribution in [0.25, 0.3) is 0 Å². The minimum atomic E-state index is -0.562. The Morgan fingerprint density at radius 3 is 2.70 bits per heavy atom. The zero-order chi connectivity index (χ0) is 16.8. The molecule has 1 aliphatic heterocycles. The number of benzene rings is 1. The average Bonchev–Trinajstić information content (AvgIpc) is 2.87. The molecule has 0 bridgehead atoms. The van der Waals surface area contributed by atoms with Crippen molar-refractivity contribution < 1.29 is 14.3 Å². The van der Waals surface area contributed by atoms with Gasteiger partial charge in [0.25, 0.3) is 5.91 Å². The van der Waals surface area contributed by atoms with E-state index in [1.54, 1.807) is 6.21 Å². The number of nitrogens with one attached hydrogen (secondary N) is 2. The molecule has 8 heteroatoms. The summed E-state index contributed by atoms with van der Waals surface area (Å²) < 4.78 is 4.50. The van der Waals surface area contributed by atoms with Gasteiger partial charge in [-0.25, -0.2) is 4.79 Å². The first kappa shape index (κ1) is 16.9. The number of ether oxygens (including phenoxy) is 1. The number of anilines is 1. The second-order valence-corrected chi connectivity index (χ2v) is 6.02. The number of hydrazone groups is 1. The molecule has 0 aliphatic carbocycles. The molecule has 0 aromatic heterocycles. The number of thioether (sulfide) groups is 1. The number of rotatable bonds is 5. The van der Waals surface area contributed by atoms with E-state index in [1.807, 2.05) is 43.3 Å². The van der Waals surface area contributed by atoms with Gasteiger partial charge in [-0.05, 0) is 17.7 Å². The van der Waals surface area contributed by atoms with Crippen molar-refractivity contribution in [3.8, 4) is 0 Å². The second kappa shape index (κ2) is 7.68. The van der Waals surface area contributed by atoms with Crippen LogP contribution < -0.4 is 15.6 Å². The Hall–Kier alpha value is -2.48. The Balaban J connectivity index is 1.90. The molecule has 0 spiro atoms. The number of methoxy groups -OCH3 is 1. The Labute approximate surface area is 138 Å². The van der Waals surface area contributed by atoms with Gasteiger partial charge in [0.15, 0.2) is 5.50 Å². The van der Waals surface area contributed by atoms with E-state index in [0.29, 0.717) is 4.91 Å². The summed E-state index contributed by atoms with van der Waals surface area (Å²) in [5, 5.41) is 6.76. The summed E-state index contributed by atoms with van der Waals surface area (Å²) in [5.74, 6) is -0.892. The van der Waals surface area contributed by atoms with Gasteiger partial charge in [0.2, 0.25) is 0 Å². The van der Waals surface area contributed by atoms with E-state index in [9.17, 15) is 9.59 Å². The highest BCUT2D eigenvalue weighted by Crippen LogP contribution is 2.25. The van der Waals surface area contributed by atoms with Gasteiger partial charge in [-0.1, -0.05) is 23.9 Å². The van der Waals surface area contributed by atoms with E-state index in [-0.39, 0.29) is 5.91 Å². The van der Waals surface area contributed by atoms with Crippen molar-refractivity contribution in [1.29, 1.82) is 0 Å². The second-order valence-electron chi connectivity index (χ2n) is 4.88. The lowest BCUT2D eigenvalue weighted by molar-refractivity contribution is -0.135. The fraction of sp³-hybridized carbons (Fsp3) is 0.267. The topological polar surface area (TPSA) is 83.0 Å². The Bertz CT molecular complexity index is 641. The van der Waals surface area contributed by atoms with Crippen LogP contribution in [-0.4, -0.2) is 44.8 Å². The molecule has 1 heterocycles. The molecule has 1 aromatic rings. The van der Waals surface area contributed by atoms with Crippen molar-refractivity contribution in [2.45, 2.75) is 5.50 Å². The monoisotopic (exact) mass is 334 g/mol.